The van der Waals surface area contributed by atoms with E-state index < -0.39 is 0 Å². The molecule has 0 bridgehead atoms. The zero-order chi connectivity index (χ0) is 33.0. The maximum Gasteiger partial charge on any atom is 0.137 e. The summed E-state index contributed by atoms with van der Waals surface area (Å²) in [5, 5.41) is 7.21. The van der Waals surface area contributed by atoms with E-state index in [-0.39, 0.29) is 0 Å². The number of thiophene rings is 1. The average Bonchev–Trinajstić information content (AvgIpc) is 3.71. The van der Waals surface area contributed by atoms with Gasteiger partial charge in [0.2, 0.25) is 0 Å². The van der Waals surface area contributed by atoms with Crippen LogP contribution in [-0.2, 0) is 0 Å². The van der Waals surface area contributed by atoms with Crippen LogP contribution in [0.15, 0.2) is 186 Å². The summed E-state index contributed by atoms with van der Waals surface area (Å²) < 4.78 is 9.14. The molecule has 50 heavy (non-hydrogen) atoms. The Morgan fingerprint density at radius 1 is 0.320 bits per heavy atom. The van der Waals surface area contributed by atoms with Crippen LogP contribution in [0.4, 0.5) is 34.1 Å². The van der Waals surface area contributed by atoms with Crippen LogP contribution in [-0.4, -0.2) is 0 Å². The molecular weight excluding hydrogens is 629 g/mol. The summed E-state index contributed by atoms with van der Waals surface area (Å²) in [6.45, 7) is 0. The molecule has 2 aromatic heterocycles. The van der Waals surface area contributed by atoms with Crippen molar-refractivity contribution in [3.8, 4) is 0 Å². The van der Waals surface area contributed by atoms with Gasteiger partial charge >= 0.3 is 0 Å². The van der Waals surface area contributed by atoms with Gasteiger partial charge in [0.1, 0.15) is 11.2 Å². The fourth-order valence-corrected chi connectivity index (χ4v) is 8.42. The smallest absolute Gasteiger partial charge is 0.137 e. The van der Waals surface area contributed by atoms with E-state index in [0.717, 1.165) is 56.1 Å². The Morgan fingerprint density at radius 3 is 1.32 bits per heavy atom. The van der Waals surface area contributed by atoms with E-state index in [0.29, 0.717) is 0 Å². The van der Waals surface area contributed by atoms with E-state index in [1.165, 1.54) is 30.9 Å². The molecule has 8 aromatic carbocycles. The van der Waals surface area contributed by atoms with Crippen LogP contribution >= 0.6 is 11.3 Å². The lowest BCUT2D eigenvalue weighted by molar-refractivity contribution is 0.669. The van der Waals surface area contributed by atoms with Crippen molar-refractivity contribution in [2.45, 2.75) is 0 Å². The van der Waals surface area contributed by atoms with Crippen LogP contribution in [0.5, 0.6) is 0 Å². The molecule has 4 heteroatoms. The third-order valence-electron chi connectivity index (χ3n) is 9.56. The van der Waals surface area contributed by atoms with Crippen molar-refractivity contribution < 1.29 is 4.42 Å². The second-order valence-corrected chi connectivity index (χ2v) is 13.7. The lowest BCUT2D eigenvalue weighted by atomic mass is 10.0. The van der Waals surface area contributed by atoms with Crippen LogP contribution in [0.2, 0.25) is 0 Å². The second-order valence-electron chi connectivity index (χ2n) is 12.6. The SMILES string of the molecule is c1ccc(N(c2ccccc2)c2ccc3c(c2)oc2cc4cc5sc6cc(N(c7ccccc7)c7ccccc7)ccc6c5cc4cc23)cc1. The van der Waals surface area contributed by atoms with Gasteiger partial charge in [-0.15, -0.1) is 11.3 Å². The molecule has 0 aliphatic heterocycles. The Labute approximate surface area is 293 Å². The molecule has 10 rings (SSSR count). The number of fused-ring (bicyclic) bond motifs is 7. The molecule has 3 nitrogen and oxygen atoms in total. The van der Waals surface area contributed by atoms with Crippen molar-refractivity contribution in [3.63, 3.8) is 0 Å². The highest BCUT2D eigenvalue weighted by molar-refractivity contribution is 7.25. The van der Waals surface area contributed by atoms with Crippen molar-refractivity contribution in [2.75, 3.05) is 9.80 Å². The molecule has 0 unspecified atom stereocenters. The molecule has 0 saturated carbocycles. The lowest BCUT2D eigenvalue weighted by Gasteiger charge is -2.25. The second kappa shape index (κ2) is 11.7. The predicted molar refractivity (Wildman–Crippen MR) is 213 cm³/mol. The highest BCUT2D eigenvalue weighted by Crippen LogP contribution is 2.43. The number of anilines is 6. The molecule has 0 N–H and O–H groups in total. The Balaban J connectivity index is 1.08. The van der Waals surface area contributed by atoms with Gasteiger partial charge in [0.05, 0.1) is 0 Å². The Hall–Kier alpha value is -6.36. The monoisotopic (exact) mass is 658 g/mol. The first-order valence-electron chi connectivity index (χ1n) is 16.8. The summed E-state index contributed by atoms with van der Waals surface area (Å²) in [6, 6.07) is 64.7. The first kappa shape index (κ1) is 28.6. The van der Waals surface area contributed by atoms with Gasteiger partial charge in [0.25, 0.3) is 0 Å². The highest BCUT2D eigenvalue weighted by Gasteiger charge is 2.17. The normalized spacial score (nSPS) is 11.6. The molecule has 0 saturated heterocycles. The van der Waals surface area contributed by atoms with Crippen LogP contribution in [0.3, 0.4) is 0 Å². The minimum Gasteiger partial charge on any atom is -0.456 e. The Kier molecular flexibility index (Phi) is 6.68. The largest absolute Gasteiger partial charge is 0.456 e. The third kappa shape index (κ3) is 4.80. The fraction of sp³-hybridized carbons (Fsp3) is 0. The molecule has 0 aliphatic rings. The molecule has 0 amide bonds. The van der Waals surface area contributed by atoms with Crippen LogP contribution < -0.4 is 9.80 Å². The van der Waals surface area contributed by atoms with Gasteiger partial charge in [-0.2, -0.15) is 0 Å². The summed E-state index contributed by atoms with van der Waals surface area (Å²) in [5.74, 6) is 0. The first-order chi connectivity index (χ1) is 24.8. The van der Waals surface area contributed by atoms with Crippen LogP contribution in [0, 0.1) is 0 Å². The van der Waals surface area contributed by atoms with Gasteiger partial charge in [-0.3, -0.25) is 0 Å². The van der Waals surface area contributed by atoms with Gasteiger partial charge < -0.3 is 14.2 Å². The third-order valence-corrected chi connectivity index (χ3v) is 10.7. The number of hydrogen-bond donors (Lipinski definition) is 0. The van der Waals surface area contributed by atoms with E-state index in [9.17, 15) is 0 Å². The number of rotatable bonds is 6. The first-order valence-corrected chi connectivity index (χ1v) is 17.7. The van der Waals surface area contributed by atoms with E-state index >= 15 is 0 Å². The Bertz CT molecular complexity index is 2540. The topological polar surface area (TPSA) is 19.6 Å². The molecule has 0 atom stereocenters. The maximum absolute atomic E-state index is 6.59. The number of furan rings is 1. The van der Waals surface area contributed by atoms with Crippen molar-refractivity contribution in [1.29, 1.82) is 0 Å². The zero-order valence-electron chi connectivity index (χ0n) is 27.0. The van der Waals surface area contributed by atoms with Crippen molar-refractivity contribution in [3.05, 3.63) is 182 Å². The zero-order valence-corrected chi connectivity index (χ0v) is 27.8. The molecular formula is C46H30N2OS. The summed E-state index contributed by atoms with van der Waals surface area (Å²) >= 11 is 1.85. The molecule has 0 aliphatic carbocycles. The van der Waals surface area contributed by atoms with Crippen molar-refractivity contribution in [2.24, 2.45) is 0 Å². The summed E-state index contributed by atoms with van der Waals surface area (Å²) in [4.78, 5) is 4.59. The van der Waals surface area contributed by atoms with Gasteiger partial charge in [0.15, 0.2) is 0 Å². The van der Waals surface area contributed by atoms with Gasteiger partial charge in [-0.05, 0) is 108 Å². The minimum atomic E-state index is 0.880. The molecule has 10 aromatic rings. The standard InChI is InChI=1S/C46H30N2OS/c1-5-13-33(14-6-1)47(34-15-7-2-8-16-34)37-21-23-39-41-25-31-26-42-40-24-22-38(48(35-17-9-3-10-18-35)36-19-11-4-12-20-36)30-46(40)50-45(42)28-32(31)27-43(41)49-44(39)29-37/h1-30H. The molecule has 0 radical (unpaired) electrons. The van der Waals surface area contributed by atoms with E-state index in [4.69, 9.17) is 4.42 Å². The predicted octanol–water partition coefficient (Wildman–Crippen LogP) is 14.0. The number of benzene rings is 8. The molecule has 0 spiro atoms. The van der Waals surface area contributed by atoms with Gasteiger partial charge in [0, 0.05) is 71.1 Å². The quantitative estimate of drug-likeness (QED) is 0.177. The van der Waals surface area contributed by atoms with E-state index in [1.807, 2.05) is 11.3 Å². The number of nitrogens with zero attached hydrogens (tertiary/aromatic N) is 2. The minimum absolute atomic E-state index is 0.880. The number of para-hydroxylation sites is 4. The van der Waals surface area contributed by atoms with Gasteiger partial charge in [-0.1, -0.05) is 78.9 Å². The molecule has 2 heterocycles. The molecule has 0 fully saturated rings. The highest BCUT2D eigenvalue weighted by atomic mass is 32.1. The summed E-state index contributed by atoms with van der Waals surface area (Å²) in [6.07, 6.45) is 0. The Morgan fingerprint density at radius 2 is 0.760 bits per heavy atom. The van der Waals surface area contributed by atoms with Gasteiger partial charge in [-0.25, -0.2) is 0 Å². The van der Waals surface area contributed by atoms with Crippen molar-refractivity contribution in [1.82, 2.24) is 0 Å². The molecule has 236 valence electrons. The van der Waals surface area contributed by atoms with Crippen LogP contribution in [0.25, 0.3) is 52.9 Å². The fourth-order valence-electron chi connectivity index (χ4n) is 7.25. The van der Waals surface area contributed by atoms with Crippen LogP contribution in [0.1, 0.15) is 0 Å². The lowest BCUT2D eigenvalue weighted by Crippen LogP contribution is -2.09. The van der Waals surface area contributed by atoms with E-state index in [1.54, 1.807) is 0 Å². The average molecular weight is 659 g/mol. The van der Waals surface area contributed by atoms with Crippen molar-refractivity contribution >= 4 is 98.3 Å². The summed E-state index contributed by atoms with van der Waals surface area (Å²) in [5.41, 5.74) is 8.47. The number of hydrogen-bond acceptors (Lipinski definition) is 4. The maximum atomic E-state index is 6.59. The van der Waals surface area contributed by atoms with E-state index in [2.05, 4.69) is 192 Å². The summed E-state index contributed by atoms with van der Waals surface area (Å²) in [7, 11) is 0.